The molecule has 1 atom stereocenters. The van der Waals surface area contributed by atoms with Crippen molar-refractivity contribution >= 4 is 32.5 Å². The Labute approximate surface area is 252 Å². The molecule has 1 heterocycles. The summed E-state index contributed by atoms with van der Waals surface area (Å²) in [6.45, 7) is 9.97. The van der Waals surface area contributed by atoms with E-state index in [0.717, 1.165) is 22.3 Å². The summed E-state index contributed by atoms with van der Waals surface area (Å²) in [6.07, 6.45) is 0. The van der Waals surface area contributed by atoms with Gasteiger partial charge in [0.05, 0.1) is 27.5 Å². The van der Waals surface area contributed by atoms with Gasteiger partial charge in [-0.3, -0.25) is 9.36 Å². The first-order chi connectivity index (χ1) is 19.8. The maximum absolute atomic E-state index is 14.2. The van der Waals surface area contributed by atoms with Gasteiger partial charge in [-0.1, -0.05) is 80.4 Å². The highest BCUT2D eigenvalue weighted by atomic mass is 35.5. The second kappa shape index (κ2) is 11.1. The molecule has 0 saturated carbocycles. The van der Waals surface area contributed by atoms with Crippen LogP contribution in [0.3, 0.4) is 0 Å². The number of halogens is 1. The number of fused-ring (bicyclic) bond motifs is 1. The molecule has 0 fully saturated rings. The van der Waals surface area contributed by atoms with Gasteiger partial charge in [0.2, 0.25) is 10.0 Å². The Bertz CT molecular complexity index is 1930. The maximum Gasteiger partial charge on any atom is 0.266 e. The fourth-order valence-corrected chi connectivity index (χ4v) is 6.36. The lowest BCUT2D eigenvalue weighted by atomic mass is 9.87. The molecule has 5 rings (SSSR count). The molecule has 216 valence electrons. The van der Waals surface area contributed by atoms with Gasteiger partial charge >= 0.3 is 0 Å². The number of hydrogen-bond donors (Lipinski definition) is 0. The highest BCUT2D eigenvalue weighted by Gasteiger charge is 2.30. The third-order valence-electron chi connectivity index (χ3n) is 7.68. The third-order valence-corrected chi connectivity index (χ3v) is 9.87. The Morgan fingerprint density at radius 2 is 1.45 bits per heavy atom. The minimum absolute atomic E-state index is 0.103. The van der Waals surface area contributed by atoms with Crippen LogP contribution >= 0.6 is 11.6 Å². The van der Waals surface area contributed by atoms with Crippen LogP contribution < -0.4 is 5.56 Å². The molecule has 6 nitrogen and oxygen atoms in total. The minimum Gasteiger partial charge on any atom is -0.268 e. The van der Waals surface area contributed by atoms with Gasteiger partial charge < -0.3 is 0 Å². The van der Waals surface area contributed by atoms with E-state index in [-0.39, 0.29) is 15.9 Å². The summed E-state index contributed by atoms with van der Waals surface area (Å²) < 4.78 is 30.3. The zero-order valence-corrected chi connectivity index (χ0v) is 26.2. The first-order valence-electron chi connectivity index (χ1n) is 13.8. The summed E-state index contributed by atoms with van der Waals surface area (Å²) >= 11 is 6.08. The van der Waals surface area contributed by atoms with Crippen LogP contribution in [0.1, 0.15) is 50.7 Å². The van der Waals surface area contributed by atoms with Crippen molar-refractivity contribution in [2.45, 2.75) is 51.0 Å². The molecule has 0 spiro atoms. The minimum atomic E-state index is -3.90. The van der Waals surface area contributed by atoms with E-state index in [9.17, 15) is 13.2 Å². The van der Waals surface area contributed by atoms with Crippen molar-refractivity contribution in [1.29, 1.82) is 0 Å². The molecule has 0 amide bonds. The maximum atomic E-state index is 14.2. The largest absolute Gasteiger partial charge is 0.268 e. The SMILES string of the molecule is Cc1ccc(-n2c(C(C)N(C)S(=O)(=O)c3ccc(C(C)(C)C)cc3)nc3ccc(-c4ccc(Cl)cc4)cc3c2=O)cc1. The van der Waals surface area contributed by atoms with Gasteiger partial charge in [0.25, 0.3) is 5.56 Å². The van der Waals surface area contributed by atoms with Crippen LogP contribution in [-0.2, 0) is 15.4 Å². The van der Waals surface area contributed by atoms with E-state index in [1.807, 2.05) is 79.7 Å². The smallest absolute Gasteiger partial charge is 0.266 e. The highest BCUT2D eigenvalue weighted by Crippen LogP contribution is 2.30. The van der Waals surface area contributed by atoms with Crippen LogP contribution in [0.4, 0.5) is 0 Å². The van der Waals surface area contributed by atoms with E-state index in [2.05, 4.69) is 20.8 Å². The number of hydrogen-bond acceptors (Lipinski definition) is 4. The fraction of sp³-hybridized carbons (Fsp3) is 0.235. The molecular weight excluding hydrogens is 566 g/mol. The first kappa shape index (κ1) is 29.7. The number of nitrogens with zero attached hydrogens (tertiary/aromatic N) is 3. The van der Waals surface area contributed by atoms with Gasteiger partial charge in [0.1, 0.15) is 5.82 Å². The van der Waals surface area contributed by atoms with E-state index in [0.29, 0.717) is 27.4 Å². The Morgan fingerprint density at radius 3 is 2.05 bits per heavy atom. The second-order valence-corrected chi connectivity index (χ2v) is 14.1. The summed E-state index contributed by atoms with van der Waals surface area (Å²) in [4.78, 5) is 19.3. The molecule has 5 aromatic rings. The zero-order valence-electron chi connectivity index (χ0n) is 24.6. The second-order valence-electron chi connectivity index (χ2n) is 11.7. The molecular formula is C34H34ClN3O3S. The topological polar surface area (TPSA) is 72.3 Å². The van der Waals surface area contributed by atoms with E-state index >= 15 is 0 Å². The van der Waals surface area contributed by atoms with E-state index in [1.54, 1.807) is 25.1 Å². The Balaban J connectivity index is 1.65. The summed E-state index contributed by atoms with van der Waals surface area (Å²) in [5.41, 5.74) is 4.58. The number of aryl methyl sites for hydroxylation is 1. The molecule has 4 aromatic carbocycles. The molecule has 0 aliphatic carbocycles. The fourth-order valence-electron chi connectivity index (χ4n) is 4.91. The number of rotatable bonds is 6. The predicted octanol–water partition coefficient (Wildman–Crippen LogP) is 7.69. The van der Waals surface area contributed by atoms with Crippen molar-refractivity contribution in [3.8, 4) is 16.8 Å². The van der Waals surface area contributed by atoms with Crippen LogP contribution in [-0.4, -0.2) is 29.3 Å². The summed E-state index contributed by atoms with van der Waals surface area (Å²) in [5.74, 6) is 0.327. The van der Waals surface area contributed by atoms with Crippen molar-refractivity contribution in [3.63, 3.8) is 0 Å². The molecule has 8 heteroatoms. The normalized spacial score (nSPS) is 13.0. The van der Waals surface area contributed by atoms with Gasteiger partial charge in [0, 0.05) is 12.1 Å². The standard InChI is InChI=1S/C34H34ClN3O3S/c1-22-7-16-28(17-8-22)38-32(23(2)37(6)42(40,41)29-18-12-26(13-19-29)34(3,4)5)36-31-20-11-25(21-30(31)33(38)39)24-9-14-27(35)15-10-24/h7-21,23H,1-6H3. The van der Waals surface area contributed by atoms with Crippen LogP contribution in [0.15, 0.2) is 101 Å². The summed E-state index contributed by atoms with van der Waals surface area (Å²) in [5, 5.41) is 1.06. The van der Waals surface area contributed by atoms with Crippen molar-refractivity contribution in [2.75, 3.05) is 7.05 Å². The summed E-state index contributed by atoms with van der Waals surface area (Å²) in [7, 11) is -2.37. The molecule has 0 radical (unpaired) electrons. The lowest BCUT2D eigenvalue weighted by molar-refractivity contribution is 0.379. The summed E-state index contributed by atoms with van der Waals surface area (Å²) in [6, 6.07) is 26.7. The van der Waals surface area contributed by atoms with Gasteiger partial charge in [-0.2, -0.15) is 4.31 Å². The van der Waals surface area contributed by atoms with Gasteiger partial charge in [-0.25, -0.2) is 13.4 Å². The zero-order chi connectivity index (χ0) is 30.4. The lowest BCUT2D eigenvalue weighted by Crippen LogP contribution is -2.35. The molecule has 42 heavy (non-hydrogen) atoms. The third kappa shape index (κ3) is 5.64. The van der Waals surface area contributed by atoms with Gasteiger partial charge in [0.15, 0.2) is 0 Å². The lowest BCUT2D eigenvalue weighted by Gasteiger charge is -2.27. The molecule has 1 aromatic heterocycles. The quantitative estimate of drug-likeness (QED) is 0.200. The molecule has 0 N–H and O–H groups in total. The highest BCUT2D eigenvalue weighted by molar-refractivity contribution is 7.89. The van der Waals surface area contributed by atoms with Gasteiger partial charge in [-0.05, 0) is 84.5 Å². The van der Waals surface area contributed by atoms with Gasteiger partial charge in [-0.15, -0.1) is 0 Å². The van der Waals surface area contributed by atoms with Crippen LogP contribution in [0.25, 0.3) is 27.7 Å². The van der Waals surface area contributed by atoms with E-state index in [4.69, 9.17) is 16.6 Å². The number of sulfonamides is 1. The van der Waals surface area contributed by atoms with Crippen molar-refractivity contribution in [3.05, 3.63) is 123 Å². The average Bonchev–Trinajstić information content (AvgIpc) is 2.97. The Kier molecular flexibility index (Phi) is 7.88. The molecule has 0 saturated heterocycles. The van der Waals surface area contributed by atoms with Crippen LogP contribution in [0.5, 0.6) is 0 Å². The van der Waals surface area contributed by atoms with E-state index in [1.165, 1.54) is 15.9 Å². The van der Waals surface area contributed by atoms with Crippen molar-refractivity contribution in [2.24, 2.45) is 0 Å². The Morgan fingerprint density at radius 1 is 0.857 bits per heavy atom. The number of benzene rings is 4. The molecule has 0 aliphatic heterocycles. The predicted molar refractivity (Wildman–Crippen MR) is 171 cm³/mol. The molecule has 0 bridgehead atoms. The monoisotopic (exact) mass is 599 g/mol. The van der Waals surface area contributed by atoms with E-state index < -0.39 is 16.1 Å². The Hall–Kier alpha value is -3.78. The number of aromatic nitrogens is 2. The van der Waals surface area contributed by atoms with Crippen molar-refractivity contribution in [1.82, 2.24) is 13.9 Å². The first-order valence-corrected chi connectivity index (χ1v) is 15.6. The van der Waals surface area contributed by atoms with Crippen molar-refractivity contribution < 1.29 is 8.42 Å². The van der Waals surface area contributed by atoms with Crippen LogP contribution in [0, 0.1) is 6.92 Å². The average molecular weight is 600 g/mol. The van der Waals surface area contributed by atoms with Crippen LogP contribution in [0.2, 0.25) is 5.02 Å². The molecule has 1 unspecified atom stereocenters. The molecule has 0 aliphatic rings.